The summed E-state index contributed by atoms with van der Waals surface area (Å²) in [5.74, 6) is 0.449. The van der Waals surface area contributed by atoms with Gasteiger partial charge in [-0.3, -0.25) is 9.10 Å². The summed E-state index contributed by atoms with van der Waals surface area (Å²) in [7, 11) is -2.28. The van der Waals surface area contributed by atoms with E-state index in [1.54, 1.807) is 55.6 Å². The zero-order chi connectivity index (χ0) is 23.4. The molecular formula is C26H28N2O4S. The highest BCUT2D eigenvalue weighted by atomic mass is 32.2. The summed E-state index contributed by atoms with van der Waals surface area (Å²) in [5, 5.41) is 3.07. The first-order chi connectivity index (χ1) is 15.9. The summed E-state index contributed by atoms with van der Waals surface area (Å²) in [5.41, 5.74) is 3.58. The summed E-state index contributed by atoms with van der Waals surface area (Å²) in [6.07, 6.45) is 2.67. The monoisotopic (exact) mass is 464 g/mol. The van der Waals surface area contributed by atoms with Gasteiger partial charge in [0.25, 0.3) is 10.0 Å². The number of hydrogen-bond donors (Lipinski definition) is 1. The van der Waals surface area contributed by atoms with E-state index in [0.29, 0.717) is 5.69 Å². The summed E-state index contributed by atoms with van der Waals surface area (Å²) in [6.45, 7) is 1.59. The molecule has 3 aromatic rings. The highest BCUT2D eigenvalue weighted by Gasteiger charge is 2.29. The standard InChI is InChI=1S/C26H28N2O4S/c1-19-8-6-10-21(16-19)28(33(30,31)23-11-4-3-5-12-23)18-26(29)27-25-13-7-9-20-17-22(32-2)14-15-24(20)25/h3-6,8,10-12,14-17,25H,7,9,13,18H2,1-2H3,(H,27,29). The van der Waals surface area contributed by atoms with Crippen molar-refractivity contribution in [3.8, 4) is 5.75 Å². The van der Waals surface area contributed by atoms with Crippen LogP contribution in [0.5, 0.6) is 5.75 Å². The van der Waals surface area contributed by atoms with Gasteiger partial charge in [-0.2, -0.15) is 0 Å². The third-order valence-corrected chi connectivity index (χ3v) is 7.70. The number of anilines is 1. The van der Waals surface area contributed by atoms with Gasteiger partial charge < -0.3 is 10.1 Å². The maximum absolute atomic E-state index is 13.5. The Morgan fingerprint density at radius 1 is 1.06 bits per heavy atom. The number of aryl methyl sites for hydroxylation is 2. The molecule has 1 amide bonds. The molecule has 0 heterocycles. The molecule has 0 fully saturated rings. The maximum Gasteiger partial charge on any atom is 0.264 e. The van der Waals surface area contributed by atoms with Crippen LogP contribution in [0.2, 0.25) is 0 Å². The lowest BCUT2D eigenvalue weighted by molar-refractivity contribution is -0.120. The van der Waals surface area contributed by atoms with Crippen LogP contribution in [0.4, 0.5) is 5.69 Å². The first-order valence-corrected chi connectivity index (χ1v) is 12.4. The van der Waals surface area contributed by atoms with Crippen molar-refractivity contribution in [1.82, 2.24) is 5.32 Å². The molecule has 1 aliphatic carbocycles. The summed E-state index contributed by atoms with van der Waals surface area (Å²) in [6, 6.07) is 21.1. The molecule has 1 N–H and O–H groups in total. The Labute approximate surface area is 195 Å². The molecule has 7 heteroatoms. The van der Waals surface area contributed by atoms with E-state index >= 15 is 0 Å². The average molecular weight is 465 g/mol. The molecule has 0 spiro atoms. The molecule has 0 saturated heterocycles. The van der Waals surface area contributed by atoms with E-state index in [1.807, 2.05) is 31.2 Å². The number of carbonyl (C=O) groups excluding carboxylic acids is 1. The largest absolute Gasteiger partial charge is 0.497 e. The molecular weight excluding hydrogens is 436 g/mol. The number of ether oxygens (including phenoxy) is 1. The van der Waals surface area contributed by atoms with Gasteiger partial charge in [-0.15, -0.1) is 0 Å². The number of fused-ring (bicyclic) bond motifs is 1. The van der Waals surface area contributed by atoms with Crippen LogP contribution in [-0.4, -0.2) is 28.0 Å². The second-order valence-corrected chi connectivity index (χ2v) is 10.1. The van der Waals surface area contributed by atoms with Crippen molar-refractivity contribution < 1.29 is 17.9 Å². The van der Waals surface area contributed by atoms with Gasteiger partial charge in [-0.05, 0) is 79.3 Å². The normalized spacial score (nSPS) is 15.4. The van der Waals surface area contributed by atoms with Crippen molar-refractivity contribution in [3.05, 3.63) is 89.5 Å². The van der Waals surface area contributed by atoms with Gasteiger partial charge in [-0.25, -0.2) is 8.42 Å². The van der Waals surface area contributed by atoms with Gasteiger partial charge in [0.05, 0.1) is 23.7 Å². The molecule has 0 bridgehead atoms. The first-order valence-electron chi connectivity index (χ1n) is 11.0. The molecule has 1 atom stereocenters. The van der Waals surface area contributed by atoms with E-state index in [0.717, 1.165) is 41.7 Å². The van der Waals surface area contributed by atoms with E-state index < -0.39 is 10.0 Å². The highest BCUT2D eigenvalue weighted by molar-refractivity contribution is 7.92. The van der Waals surface area contributed by atoms with Gasteiger partial charge in [-0.1, -0.05) is 36.4 Å². The fraction of sp³-hybridized carbons (Fsp3) is 0.269. The lowest BCUT2D eigenvalue weighted by Gasteiger charge is -2.29. The number of nitrogens with one attached hydrogen (secondary N) is 1. The summed E-state index contributed by atoms with van der Waals surface area (Å²) >= 11 is 0. The smallest absolute Gasteiger partial charge is 0.264 e. The SMILES string of the molecule is COc1ccc2c(c1)CCCC2NC(=O)CN(c1cccc(C)c1)S(=O)(=O)c1ccccc1. The number of benzene rings is 3. The number of hydrogen-bond acceptors (Lipinski definition) is 4. The fourth-order valence-electron chi connectivity index (χ4n) is 4.26. The molecule has 3 aromatic carbocycles. The van der Waals surface area contributed by atoms with Gasteiger partial charge in [0, 0.05) is 0 Å². The summed E-state index contributed by atoms with van der Waals surface area (Å²) < 4.78 is 33.5. The molecule has 4 rings (SSSR count). The van der Waals surface area contributed by atoms with E-state index in [1.165, 1.54) is 4.31 Å². The van der Waals surface area contributed by atoms with Crippen LogP contribution >= 0.6 is 0 Å². The third-order valence-electron chi connectivity index (χ3n) is 5.91. The number of nitrogens with zero attached hydrogens (tertiary/aromatic N) is 1. The molecule has 0 aliphatic heterocycles. The van der Waals surface area contributed by atoms with Gasteiger partial charge in [0.1, 0.15) is 12.3 Å². The lowest BCUT2D eigenvalue weighted by Crippen LogP contribution is -2.42. The predicted molar refractivity (Wildman–Crippen MR) is 129 cm³/mol. The Morgan fingerprint density at radius 2 is 1.85 bits per heavy atom. The highest BCUT2D eigenvalue weighted by Crippen LogP contribution is 2.32. The quantitative estimate of drug-likeness (QED) is 0.563. The van der Waals surface area contributed by atoms with Crippen LogP contribution in [0.1, 0.15) is 35.6 Å². The van der Waals surface area contributed by atoms with Crippen LogP contribution in [0.15, 0.2) is 77.7 Å². The first kappa shape index (κ1) is 22.9. The van der Waals surface area contributed by atoms with E-state index in [4.69, 9.17) is 4.74 Å². The Bertz CT molecular complexity index is 1240. The third kappa shape index (κ3) is 5.03. The van der Waals surface area contributed by atoms with Crippen LogP contribution in [0.25, 0.3) is 0 Å². The number of carbonyl (C=O) groups is 1. The van der Waals surface area contributed by atoms with Crippen LogP contribution < -0.4 is 14.4 Å². The Balaban J connectivity index is 1.61. The van der Waals surface area contributed by atoms with Crippen molar-refractivity contribution in [3.63, 3.8) is 0 Å². The molecule has 0 aromatic heterocycles. The van der Waals surface area contributed by atoms with E-state index in [9.17, 15) is 13.2 Å². The lowest BCUT2D eigenvalue weighted by atomic mass is 9.87. The van der Waals surface area contributed by atoms with E-state index in [2.05, 4.69) is 5.32 Å². The molecule has 0 radical (unpaired) electrons. The van der Waals surface area contributed by atoms with Gasteiger partial charge >= 0.3 is 0 Å². The Hall–Kier alpha value is -3.32. The Kier molecular flexibility index (Phi) is 6.70. The minimum atomic E-state index is -3.92. The second kappa shape index (κ2) is 9.67. The molecule has 1 unspecified atom stereocenters. The second-order valence-electron chi connectivity index (χ2n) is 8.24. The van der Waals surface area contributed by atoms with Crippen LogP contribution in [0.3, 0.4) is 0 Å². The number of methoxy groups -OCH3 is 1. The fourth-order valence-corrected chi connectivity index (χ4v) is 5.69. The maximum atomic E-state index is 13.5. The van der Waals surface area contributed by atoms with Crippen molar-refractivity contribution in [1.29, 1.82) is 0 Å². The van der Waals surface area contributed by atoms with Crippen molar-refractivity contribution >= 4 is 21.6 Å². The van der Waals surface area contributed by atoms with Crippen molar-refractivity contribution in [2.45, 2.75) is 37.1 Å². The number of rotatable bonds is 7. The minimum Gasteiger partial charge on any atom is -0.497 e. The van der Waals surface area contributed by atoms with Crippen LogP contribution in [0, 0.1) is 6.92 Å². The van der Waals surface area contributed by atoms with E-state index in [-0.39, 0.29) is 23.4 Å². The predicted octanol–water partition coefficient (Wildman–Crippen LogP) is 4.39. The molecule has 1 aliphatic rings. The Morgan fingerprint density at radius 3 is 2.58 bits per heavy atom. The van der Waals surface area contributed by atoms with Crippen molar-refractivity contribution in [2.24, 2.45) is 0 Å². The number of amides is 1. The van der Waals surface area contributed by atoms with Crippen LogP contribution in [-0.2, 0) is 21.2 Å². The zero-order valence-corrected chi connectivity index (χ0v) is 19.6. The average Bonchev–Trinajstić information content (AvgIpc) is 2.83. The van der Waals surface area contributed by atoms with Gasteiger partial charge in [0.15, 0.2) is 0 Å². The molecule has 0 saturated carbocycles. The number of sulfonamides is 1. The summed E-state index contributed by atoms with van der Waals surface area (Å²) in [4.78, 5) is 13.3. The molecule has 172 valence electrons. The molecule has 33 heavy (non-hydrogen) atoms. The topological polar surface area (TPSA) is 75.7 Å². The minimum absolute atomic E-state index is 0.148. The van der Waals surface area contributed by atoms with Crippen molar-refractivity contribution in [2.75, 3.05) is 18.0 Å². The molecule has 6 nitrogen and oxygen atoms in total. The van der Waals surface area contributed by atoms with Gasteiger partial charge in [0.2, 0.25) is 5.91 Å². The zero-order valence-electron chi connectivity index (χ0n) is 18.8.